The summed E-state index contributed by atoms with van der Waals surface area (Å²) in [6.45, 7) is 1.27. The van der Waals surface area contributed by atoms with Crippen molar-refractivity contribution in [3.63, 3.8) is 0 Å². The SMILES string of the molecule is COc1cc(/C=N/NC(=O)Cc2ccc(F)cc2)cc(OC)c1OC(C)=O. The second-order valence-electron chi connectivity index (χ2n) is 5.44. The number of esters is 1. The summed E-state index contributed by atoms with van der Waals surface area (Å²) in [4.78, 5) is 23.1. The van der Waals surface area contributed by atoms with Crippen molar-refractivity contribution >= 4 is 18.1 Å². The molecule has 0 aliphatic heterocycles. The van der Waals surface area contributed by atoms with Crippen LogP contribution in [0.3, 0.4) is 0 Å². The number of benzene rings is 2. The molecule has 0 aliphatic rings. The Morgan fingerprint density at radius 3 is 2.22 bits per heavy atom. The lowest BCUT2D eigenvalue weighted by Gasteiger charge is -2.13. The van der Waals surface area contributed by atoms with Crippen LogP contribution in [0.5, 0.6) is 17.2 Å². The van der Waals surface area contributed by atoms with Crippen molar-refractivity contribution in [2.24, 2.45) is 5.10 Å². The van der Waals surface area contributed by atoms with E-state index in [4.69, 9.17) is 14.2 Å². The molecule has 0 saturated carbocycles. The number of ether oxygens (including phenoxy) is 3. The maximum atomic E-state index is 12.9. The first kappa shape index (κ1) is 19.9. The van der Waals surface area contributed by atoms with E-state index in [1.807, 2.05) is 0 Å². The Morgan fingerprint density at radius 1 is 1.11 bits per heavy atom. The average Bonchev–Trinajstić information content (AvgIpc) is 2.64. The van der Waals surface area contributed by atoms with Gasteiger partial charge in [-0.05, 0) is 29.8 Å². The van der Waals surface area contributed by atoms with Crippen molar-refractivity contribution in [1.82, 2.24) is 5.43 Å². The maximum Gasteiger partial charge on any atom is 0.308 e. The molecule has 1 amide bonds. The lowest BCUT2D eigenvalue weighted by atomic mass is 10.1. The van der Waals surface area contributed by atoms with Crippen molar-refractivity contribution in [2.75, 3.05) is 14.2 Å². The van der Waals surface area contributed by atoms with Gasteiger partial charge in [0, 0.05) is 12.5 Å². The van der Waals surface area contributed by atoms with E-state index >= 15 is 0 Å². The zero-order chi connectivity index (χ0) is 19.8. The molecule has 27 heavy (non-hydrogen) atoms. The van der Waals surface area contributed by atoms with E-state index < -0.39 is 5.97 Å². The van der Waals surface area contributed by atoms with Gasteiger partial charge in [0.2, 0.25) is 11.7 Å². The summed E-state index contributed by atoms with van der Waals surface area (Å²) < 4.78 is 28.4. The molecule has 0 atom stereocenters. The molecule has 2 aromatic rings. The fourth-order valence-corrected chi connectivity index (χ4v) is 2.23. The molecular formula is C19H19FN2O5. The Bertz CT molecular complexity index is 825. The van der Waals surface area contributed by atoms with Crippen molar-refractivity contribution in [1.29, 1.82) is 0 Å². The summed E-state index contributed by atoms with van der Waals surface area (Å²) >= 11 is 0. The molecule has 0 aromatic heterocycles. The fourth-order valence-electron chi connectivity index (χ4n) is 2.23. The zero-order valence-electron chi connectivity index (χ0n) is 15.1. The third-order valence-electron chi connectivity index (χ3n) is 3.41. The van der Waals surface area contributed by atoms with E-state index in [0.29, 0.717) is 11.1 Å². The number of hydrazone groups is 1. The highest BCUT2D eigenvalue weighted by molar-refractivity contribution is 5.85. The van der Waals surface area contributed by atoms with Gasteiger partial charge < -0.3 is 14.2 Å². The van der Waals surface area contributed by atoms with Crippen LogP contribution in [-0.2, 0) is 16.0 Å². The van der Waals surface area contributed by atoms with Crippen LogP contribution in [0, 0.1) is 5.82 Å². The van der Waals surface area contributed by atoms with Crippen LogP contribution in [0.4, 0.5) is 4.39 Å². The second kappa shape index (κ2) is 9.33. The number of carbonyl (C=O) groups is 2. The Labute approximate surface area is 155 Å². The molecule has 0 spiro atoms. The van der Waals surface area contributed by atoms with Crippen molar-refractivity contribution in [3.05, 3.63) is 53.3 Å². The quantitative estimate of drug-likeness (QED) is 0.348. The van der Waals surface area contributed by atoms with Crippen molar-refractivity contribution < 1.29 is 28.2 Å². The molecule has 2 rings (SSSR count). The Hall–Kier alpha value is -3.42. The average molecular weight is 374 g/mol. The number of halogens is 1. The number of hydrogen-bond donors (Lipinski definition) is 1. The van der Waals surface area contributed by atoms with Gasteiger partial charge in [-0.15, -0.1) is 0 Å². The van der Waals surface area contributed by atoms with Crippen LogP contribution in [-0.4, -0.2) is 32.3 Å². The van der Waals surface area contributed by atoms with Gasteiger partial charge in [-0.25, -0.2) is 9.82 Å². The predicted molar refractivity (Wildman–Crippen MR) is 96.7 cm³/mol. The number of rotatable bonds is 7. The van der Waals surface area contributed by atoms with E-state index in [1.54, 1.807) is 12.1 Å². The molecule has 2 aromatic carbocycles. The first-order chi connectivity index (χ1) is 12.9. The molecule has 0 aliphatic carbocycles. The van der Waals surface area contributed by atoms with Crippen molar-refractivity contribution in [2.45, 2.75) is 13.3 Å². The standard InChI is InChI=1S/C19H19FN2O5/c1-12(23)27-19-16(25-2)8-14(9-17(19)26-3)11-21-22-18(24)10-13-4-6-15(20)7-5-13/h4-9,11H,10H2,1-3H3,(H,22,24)/b21-11+. The number of nitrogens with one attached hydrogen (secondary N) is 1. The molecule has 0 unspecified atom stereocenters. The minimum atomic E-state index is -0.513. The normalized spacial score (nSPS) is 10.5. The van der Waals surface area contributed by atoms with Gasteiger partial charge in [0.1, 0.15) is 5.82 Å². The number of carbonyl (C=O) groups excluding carboxylic acids is 2. The summed E-state index contributed by atoms with van der Waals surface area (Å²) in [5.41, 5.74) is 3.61. The smallest absolute Gasteiger partial charge is 0.308 e. The monoisotopic (exact) mass is 374 g/mol. The third-order valence-corrected chi connectivity index (χ3v) is 3.41. The van der Waals surface area contributed by atoms with E-state index in [1.165, 1.54) is 51.6 Å². The zero-order valence-corrected chi connectivity index (χ0v) is 15.1. The highest BCUT2D eigenvalue weighted by Crippen LogP contribution is 2.38. The van der Waals surface area contributed by atoms with E-state index in [9.17, 15) is 14.0 Å². The number of hydrogen-bond acceptors (Lipinski definition) is 6. The molecule has 0 heterocycles. The summed E-state index contributed by atoms with van der Waals surface area (Å²) in [5, 5.41) is 3.88. The summed E-state index contributed by atoms with van der Waals surface area (Å²) in [7, 11) is 2.85. The summed E-state index contributed by atoms with van der Waals surface area (Å²) in [5.74, 6) is -0.510. The lowest BCUT2D eigenvalue weighted by molar-refractivity contribution is -0.132. The first-order valence-electron chi connectivity index (χ1n) is 7.93. The van der Waals surface area contributed by atoms with Gasteiger partial charge in [-0.2, -0.15) is 5.10 Å². The molecule has 0 radical (unpaired) electrons. The maximum absolute atomic E-state index is 12.9. The van der Waals surface area contributed by atoms with Crippen LogP contribution < -0.4 is 19.6 Å². The largest absolute Gasteiger partial charge is 0.493 e. The van der Waals surface area contributed by atoms with Gasteiger partial charge in [-0.3, -0.25) is 9.59 Å². The molecule has 0 fully saturated rings. The van der Waals surface area contributed by atoms with E-state index in [0.717, 1.165) is 0 Å². The predicted octanol–water partition coefficient (Wildman–Crippen LogP) is 2.46. The van der Waals surface area contributed by atoms with Crippen molar-refractivity contribution in [3.8, 4) is 17.2 Å². The van der Waals surface area contributed by atoms with Crippen LogP contribution in [0.2, 0.25) is 0 Å². The minimum absolute atomic E-state index is 0.0651. The topological polar surface area (TPSA) is 86.2 Å². The molecule has 142 valence electrons. The third kappa shape index (κ3) is 5.81. The van der Waals surface area contributed by atoms with Gasteiger partial charge in [0.15, 0.2) is 11.5 Å². The molecule has 8 heteroatoms. The van der Waals surface area contributed by atoms with Gasteiger partial charge in [-0.1, -0.05) is 12.1 Å². The molecule has 0 bridgehead atoms. The summed E-state index contributed by atoms with van der Waals surface area (Å²) in [6.07, 6.45) is 1.46. The molecule has 1 N–H and O–H groups in total. The molecule has 0 saturated heterocycles. The highest BCUT2D eigenvalue weighted by atomic mass is 19.1. The van der Waals surface area contributed by atoms with Gasteiger partial charge in [0.25, 0.3) is 0 Å². The van der Waals surface area contributed by atoms with E-state index in [2.05, 4.69) is 10.5 Å². The molecular weight excluding hydrogens is 355 g/mol. The lowest BCUT2D eigenvalue weighted by Crippen LogP contribution is -2.19. The van der Waals surface area contributed by atoms with Gasteiger partial charge in [0.05, 0.1) is 26.9 Å². The van der Waals surface area contributed by atoms with Gasteiger partial charge >= 0.3 is 5.97 Å². The second-order valence-corrected chi connectivity index (χ2v) is 5.44. The number of methoxy groups -OCH3 is 2. The molecule has 7 nitrogen and oxygen atoms in total. The van der Waals surface area contributed by atoms with Crippen LogP contribution >= 0.6 is 0 Å². The van der Waals surface area contributed by atoms with Crippen LogP contribution in [0.1, 0.15) is 18.1 Å². The van der Waals surface area contributed by atoms with Crippen LogP contribution in [0.25, 0.3) is 0 Å². The number of nitrogens with zero attached hydrogens (tertiary/aromatic N) is 1. The first-order valence-corrected chi connectivity index (χ1v) is 7.93. The Balaban J connectivity index is 2.08. The Kier molecular flexibility index (Phi) is 6.87. The highest BCUT2D eigenvalue weighted by Gasteiger charge is 2.15. The van der Waals surface area contributed by atoms with Crippen LogP contribution in [0.15, 0.2) is 41.5 Å². The van der Waals surface area contributed by atoms with E-state index in [-0.39, 0.29) is 35.4 Å². The summed E-state index contributed by atoms with van der Waals surface area (Å²) in [6, 6.07) is 8.79. The minimum Gasteiger partial charge on any atom is -0.493 e. The Morgan fingerprint density at radius 2 is 1.70 bits per heavy atom. The number of amides is 1. The fraction of sp³-hybridized carbons (Fsp3) is 0.211.